The van der Waals surface area contributed by atoms with Crippen LogP contribution in [0.5, 0.6) is 0 Å². The second-order valence-corrected chi connectivity index (χ2v) is 4.11. The number of nitrogens with zero attached hydrogens (tertiary/aromatic N) is 3. The van der Waals surface area contributed by atoms with Gasteiger partial charge in [-0.25, -0.2) is 0 Å². The van der Waals surface area contributed by atoms with Gasteiger partial charge in [-0.2, -0.15) is 5.21 Å². The maximum absolute atomic E-state index is 4.05. The molecule has 0 unspecified atom stereocenters. The Morgan fingerprint density at radius 3 is 2.32 bits per heavy atom. The highest BCUT2D eigenvalue weighted by Crippen LogP contribution is 2.30. The molecular formula is C14H13N5. The summed E-state index contributed by atoms with van der Waals surface area (Å²) in [5.74, 6) is 0.605. The highest BCUT2D eigenvalue weighted by atomic mass is 15.5. The number of aromatic amines is 1. The van der Waals surface area contributed by atoms with E-state index in [9.17, 15) is 0 Å². The van der Waals surface area contributed by atoms with Gasteiger partial charge in [0.25, 0.3) is 0 Å². The number of hydrogen-bond acceptors (Lipinski definition) is 4. The van der Waals surface area contributed by atoms with Crippen molar-refractivity contribution < 1.29 is 0 Å². The Bertz CT molecular complexity index is 659. The summed E-state index contributed by atoms with van der Waals surface area (Å²) >= 11 is 0. The van der Waals surface area contributed by atoms with Crippen LogP contribution in [-0.4, -0.2) is 27.7 Å². The predicted octanol–water partition coefficient (Wildman–Crippen LogP) is 2.58. The molecule has 19 heavy (non-hydrogen) atoms. The molecule has 0 bridgehead atoms. The average molecular weight is 251 g/mol. The number of anilines is 1. The SMILES string of the molecule is CNc1ccc(-c2ccccc2-c2nn[nH]n2)cc1. The van der Waals surface area contributed by atoms with Crippen LogP contribution in [0.3, 0.4) is 0 Å². The maximum Gasteiger partial charge on any atom is 0.205 e. The Labute approximate surface area is 110 Å². The molecule has 0 amide bonds. The molecule has 1 aromatic heterocycles. The van der Waals surface area contributed by atoms with Crippen molar-refractivity contribution in [3.05, 3.63) is 48.5 Å². The van der Waals surface area contributed by atoms with Gasteiger partial charge in [0.15, 0.2) is 0 Å². The van der Waals surface area contributed by atoms with E-state index >= 15 is 0 Å². The van der Waals surface area contributed by atoms with Crippen LogP contribution in [0.15, 0.2) is 48.5 Å². The zero-order valence-corrected chi connectivity index (χ0v) is 10.5. The van der Waals surface area contributed by atoms with Crippen molar-refractivity contribution in [3.63, 3.8) is 0 Å². The minimum atomic E-state index is 0.605. The maximum atomic E-state index is 4.05. The molecule has 5 heteroatoms. The molecule has 5 nitrogen and oxygen atoms in total. The number of H-pyrrole nitrogens is 1. The molecule has 0 fully saturated rings. The number of benzene rings is 2. The fourth-order valence-electron chi connectivity index (χ4n) is 2.02. The second-order valence-electron chi connectivity index (χ2n) is 4.11. The molecular weight excluding hydrogens is 238 g/mol. The van der Waals surface area contributed by atoms with Crippen molar-refractivity contribution in [2.24, 2.45) is 0 Å². The number of aromatic nitrogens is 4. The van der Waals surface area contributed by atoms with Crippen molar-refractivity contribution in [1.29, 1.82) is 0 Å². The van der Waals surface area contributed by atoms with Crippen LogP contribution in [0, 0.1) is 0 Å². The van der Waals surface area contributed by atoms with Crippen molar-refractivity contribution in [1.82, 2.24) is 20.6 Å². The summed E-state index contributed by atoms with van der Waals surface area (Å²) in [6.45, 7) is 0. The van der Waals surface area contributed by atoms with Crippen molar-refractivity contribution in [2.75, 3.05) is 12.4 Å². The number of tetrazole rings is 1. The Balaban J connectivity index is 2.09. The third kappa shape index (κ3) is 2.18. The normalized spacial score (nSPS) is 10.4. The van der Waals surface area contributed by atoms with Crippen LogP contribution in [0.1, 0.15) is 0 Å². The molecule has 0 aliphatic heterocycles. The zero-order chi connectivity index (χ0) is 13.1. The summed E-state index contributed by atoms with van der Waals surface area (Å²) < 4.78 is 0. The molecule has 0 saturated heterocycles. The van der Waals surface area contributed by atoms with E-state index in [1.54, 1.807) is 0 Å². The minimum absolute atomic E-state index is 0.605. The van der Waals surface area contributed by atoms with E-state index in [-0.39, 0.29) is 0 Å². The first-order valence-electron chi connectivity index (χ1n) is 5.99. The Hall–Kier alpha value is -2.69. The summed E-state index contributed by atoms with van der Waals surface area (Å²) in [4.78, 5) is 0. The van der Waals surface area contributed by atoms with Crippen LogP contribution < -0.4 is 5.32 Å². The summed E-state index contributed by atoms with van der Waals surface area (Å²) in [7, 11) is 1.91. The van der Waals surface area contributed by atoms with Gasteiger partial charge in [0.1, 0.15) is 0 Å². The van der Waals surface area contributed by atoms with Gasteiger partial charge >= 0.3 is 0 Å². The van der Waals surface area contributed by atoms with Crippen LogP contribution >= 0.6 is 0 Å². The van der Waals surface area contributed by atoms with Gasteiger partial charge in [-0.05, 0) is 28.5 Å². The fourth-order valence-corrected chi connectivity index (χ4v) is 2.02. The molecule has 0 saturated carbocycles. The van der Waals surface area contributed by atoms with Crippen molar-refractivity contribution >= 4 is 5.69 Å². The van der Waals surface area contributed by atoms with E-state index in [4.69, 9.17) is 0 Å². The Morgan fingerprint density at radius 1 is 0.947 bits per heavy atom. The predicted molar refractivity (Wildman–Crippen MR) is 74.6 cm³/mol. The van der Waals surface area contributed by atoms with Gasteiger partial charge in [0, 0.05) is 18.3 Å². The zero-order valence-electron chi connectivity index (χ0n) is 10.5. The van der Waals surface area contributed by atoms with E-state index in [0.29, 0.717) is 5.82 Å². The molecule has 3 aromatic rings. The summed E-state index contributed by atoms with van der Waals surface area (Å²) in [5, 5.41) is 17.3. The molecule has 3 rings (SSSR count). The Morgan fingerprint density at radius 2 is 1.68 bits per heavy atom. The Kier molecular flexibility index (Phi) is 2.94. The van der Waals surface area contributed by atoms with E-state index in [0.717, 1.165) is 22.4 Å². The minimum Gasteiger partial charge on any atom is -0.388 e. The van der Waals surface area contributed by atoms with Gasteiger partial charge < -0.3 is 5.32 Å². The first kappa shape index (κ1) is 11.4. The monoisotopic (exact) mass is 251 g/mol. The van der Waals surface area contributed by atoms with Gasteiger partial charge in [-0.3, -0.25) is 0 Å². The lowest BCUT2D eigenvalue weighted by molar-refractivity contribution is 0.881. The lowest BCUT2D eigenvalue weighted by atomic mass is 9.99. The topological polar surface area (TPSA) is 66.5 Å². The molecule has 0 aliphatic rings. The van der Waals surface area contributed by atoms with Gasteiger partial charge in [0.2, 0.25) is 5.82 Å². The average Bonchev–Trinajstić information content (AvgIpc) is 3.01. The smallest absolute Gasteiger partial charge is 0.205 e. The number of rotatable bonds is 3. The quantitative estimate of drug-likeness (QED) is 0.750. The van der Waals surface area contributed by atoms with Crippen molar-refractivity contribution in [2.45, 2.75) is 0 Å². The molecule has 0 atom stereocenters. The molecule has 94 valence electrons. The lowest BCUT2D eigenvalue weighted by Gasteiger charge is -2.07. The summed E-state index contributed by atoms with van der Waals surface area (Å²) in [6.07, 6.45) is 0. The summed E-state index contributed by atoms with van der Waals surface area (Å²) in [6, 6.07) is 16.3. The van der Waals surface area contributed by atoms with Gasteiger partial charge in [0.05, 0.1) is 0 Å². The van der Waals surface area contributed by atoms with Crippen LogP contribution in [0.4, 0.5) is 5.69 Å². The van der Waals surface area contributed by atoms with Crippen molar-refractivity contribution in [3.8, 4) is 22.5 Å². The van der Waals surface area contributed by atoms with Crippen LogP contribution in [0.2, 0.25) is 0 Å². The number of nitrogens with one attached hydrogen (secondary N) is 2. The largest absolute Gasteiger partial charge is 0.388 e. The van der Waals surface area contributed by atoms with Gasteiger partial charge in [-0.15, -0.1) is 10.2 Å². The fraction of sp³-hybridized carbons (Fsp3) is 0.0714. The second kappa shape index (κ2) is 4.89. The molecule has 0 spiro atoms. The highest BCUT2D eigenvalue weighted by molar-refractivity contribution is 5.80. The molecule has 0 aliphatic carbocycles. The summed E-state index contributed by atoms with van der Waals surface area (Å²) in [5.41, 5.74) is 4.26. The first-order chi connectivity index (χ1) is 9.38. The molecule has 1 heterocycles. The molecule has 0 radical (unpaired) electrons. The van der Waals surface area contributed by atoms with E-state index < -0.39 is 0 Å². The third-order valence-corrected chi connectivity index (χ3v) is 3.00. The van der Waals surface area contributed by atoms with Crippen LogP contribution in [-0.2, 0) is 0 Å². The van der Waals surface area contributed by atoms with E-state index in [2.05, 4.69) is 44.1 Å². The third-order valence-electron chi connectivity index (χ3n) is 3.00. The van der Waals surface area contributed by atoms with Crippen LogP contribution in [0.25, 0.3) is 22.5 Å². The first-order valence-corrected chi connectivity index (χ1v) is 5.99. The standard InChI is InChI=1S/C14H13N5/c1-15-11-8-6-10(7-9-11)12-4-2-3-5-13(12)14-16-18-19-17-14/h2-9,15H,1H3,(H,16,17,18,19). The highest BCUT2D eigenvalue weighted by Gasteiger charge is 2.10. The number of hydrogen-bond donors (Lipinski definition) is 2. The lowest BCUT2D eigenvalue weighted by Crippen LogP contribution is -1.89. The van der Waals surface area contributed by atoms with Gasteiger partial charge in [-0.1, -0.05) is 36.4 Å². The van der Waals surface area contributed by atoms with E-state index in [1.807, 2.05) is 37.4 Å². The molecule has 2 aromatic carbocycles. The van der Waals surface area contributed by atoms with E-state index in [1.165, 1.54) is 0 Å². The molecule has 2 N–H and O–H groups in total.